The second-order valence-corrected chi connectivity index (χ2v) is 4.65. The number of phenolic OH excluding ortho intramolecular Hbond substituents is 2. The van der Waals surface area contributed by atoms with E-state index in [-0.39, 0.29) is 34.5 Å². The summed E-state index contributed by atoms with van der Waals surface area (Å²) in [6.45, 7) is 0. The van der Waals surface area contributed by atoms with E-state index < -0.39 is 5.78 Å². The first-order chi connectivity index (χ1) is 10.0. The van der Waals surface area contributed by atoms with Crippen LogP contribution in [0.25, 0.3) is 0 Å². The zero-order chi connectivity index (χ0) is 15.4. The van der Waals surface area contributed by atoms with Gasteiger partial charge in [-0.05, 0) is 30.6 Å². The van der Waals surface area contributed by atoms with E-state index in [1.165, 1.54) is 25.3 Å². The molecule has 2 rings (SSSR count). The van der Waals surface area contributed by atoms with E-state index in [0.29, 0.717) is 6.42 Å². The van der Waals surface area contributed by atoms with E-state index >= 15 is 0 Å². The molecule has 5 nitrogen and oxygen atoms in total. The molecule has 0 amide bonds. The number of allylic oxidation sites excluding steroid dienone is 5. The van der Waals surface area contributed by atoms with E-state index in [1.54, 1.807) is 24.3 Å². The fourth-order valence-electron chi connectivity index (χ4n) is 2.02. The molecule has 1 aromatic rings. The Morgan fingerprint density at radius 2 is 1.95 bits per heavy atom. The Balaban J connectivity index is 2.16. The first kappa shape index (κ1) is 14.7. The molecule has 0 bridgehead atoms. The molecule has 1 aromatic carbocycles. The van der Waals surface area contributed by atoms with E-state index in [2.05, 4.69) is 0 Å². The van der Waals surface area contributed by atoms with Crippen molar-refractivity contribution in [2.24, 2.45) is 5.92 Å². The zero-order valence-electron chi connectivity index (χ0n) is 11.5. The van der Waals surface area contributed by atoms with Crippen LogP contribution in [0.5, 0.6) is 17.2 Å². The van der Waals surface area contributed by atoms with Gasteiger partial charge in [-0.15, -0.1) is 0 Å². The Bertz CT molecular complexity index is 617. The lowest BCUT2D eigenvalue weighted by atomic mass is 9.98. The summed E-state index contributed by atoms with van der Waals surface area (Å²) in [5, 5.41) is 28.8. The molecule has 110 valence electrons. The van der Waals surface area contributed by atoms with Crippen LogP contribution in [0.2, 0.25) is 0 Å². The lowest BCUT2D eigenvalue weighted by Crippen LogP contribution is -2.00. The van der Waals surface area contributed by atoms with Crippen molar-refractivity contribution in [3.05, 3.63) is 53.8 Å². The molecule has 0 saturated heterocycles. The highest BCUT2D eigenvalue weighted by atomic mass is 16.5. The highest BCUT2D eigenvalue weighted by Crippen LogP contribution is 2.33. The molecule has 0 spiro atoms. The minimum Gasteiger partial charge on any atom is -0.508 e. The van der Waals surface area contributed by atoms with Crippen molar-refractivity contribution in [3.8, 4) is 17.2 Å². The van der Waals surface area contributed by atoms with Gasteiger partial charge >= 0.3 is 0 Å². The summed E-state index contributed by atoms with van der Waals surface area (Å²) >= 11 is 0. The van der Waals surface area contributed by atoms with Crippen LogP contribution in [0, 0.1) is 5.92 Å². The Hall–Kier alpha value is -2.69. The third-order valence-corrected chi connectivity index (χ3v) is 3.16. The van der Waals surface area contributed by atoms with Gasteiger partial charge in [0.15, 0.2) is 5.78 Å². The van der Waals surface area contributed by atoms with Crippen molar-refractivity contribution >= 4 is 5.78 Å². The van der Waals surface area contributed by atoms with Crippen LogP contribution in [0.1, 0.15) is 16.8 Å². The average Bonchev–Trinajstić information content (AvgIpc) is 2.45. The van der Waals surface area contributed by atoms with Gasteiger partial charge in [0.2, 0.25) is 0 Å². The number of aromatic hydroxyl groups is 2. The van der Waals surface area contributed by atoms with Gasteiger partial charge in [0.25, 0.3) is 0 Å². The van der Waals surface area contributed by atoms with Gasteiger partial charge in [0.05, 0.1) is 7.11 Å². The van der Waals surface area contributed by atoms with Gasteiger partial charge in [-0.1, -0.05) is 12.2 Å². The van der Waals surface area contributed by atoms with Crippen LogP contribution in [0.4, 0.5) is 0 Å². The molecule has 0 fully saturated rings. The Morgan fingerprint density at radius 3 is 2.48 bits per heavy atom. The maximum absolute atomic E-state index is 12.1. The van der Waals surface area contributed by atoms with Crippen LogP contribution < -0.4 is 4.74 Å². The standard InChI is InChI=1S/C16H16O5/c1-21-12-8-14(19)16(15(20)9-12)13(18)7-4-10-2-5-11(17)6-3-10/h2,4-10,17,19-20H,3H2,1H3. The number of benzene rings is 1. The molecule has 0 saturated carbocycles. The first-order valence-corrected chi connectivity index (χ1v) is 6.41. The topological polar surface area (TPSA) is 87.0 Å². The molecule has 1 aliphatic rings. The van der Waals surface area contributed by atoms with Crippen LogP contribution in [0.15, 0.2) is 48.3 Å². The smallest absolute Gasteiger partial charge is 0.193 e. The number of ether oxygens (including phenoxy) is 1. The number of phenols is 2. The Labute approximate surface area is 122 Å². The molecule has 0 aromatic heterocycles. The van der Waals surface area contributed by atoms with Crippen LogP contribution in [-0.2, 0) is 0 Å². The lowest BCUT2D eigenvalue weighted by molar-refractivity contribution is 0.104. The van der Waals surface area contributed by atoms with Gasteiger partial charge in [0, 0.05) is 12.1 Å². The minimum atomic E-state index is -0.500. The number of carbonyl (C=O) groups excluding carboxylic acids is 1. The summed E-state index contributed by atoms with van der Waals surface area (Å²) in [5.74, 6) is -0.707. The molecule has 0 aliphatic heterocycles. The molecule has 21 heavy (non-hydrogen) atoms. The predicted molar refractivity (Wildman–Crippen MR) is 77.8 cm³/mol. The predicted octanol–water partition coefficient (Wildman–Crippen LogP) is 2.86. The number of ketones is 1. The summed E-state index contributed by atoms with van der Waals surface area (Å²) in [7, 11) is 1.40. The number of hydrogen-bond donors (Lipinski definition) is 3. The SMILES string of the molecule is COc1cc(O)c(C(=O)C=CC2C=CC(O)=CC2)c(O)c1. The van der Waals surface area contributed by atoms with Gasteiger partial charge in [-0.2, -0.15) is 0 Å². The van der Waals surface area contributed by atoms with Gasteiger partial charge < -0.3 is 20.1 Å². The second-order valence-electron chi connectivity index (χ2n) is 4.65. The first-order valence-electron chi connectivity index (χ1n) is 6.41. The summed E-state index contributed by atoms with van der Waals surface area (Å²) in [5.41, 5.74) is -0.162. The largest absolute Gasteiger partial charge is 0.508 e. The van der Waals surface area contributed by atoms with E-state index in [1.807, 2.05) is 0 Å². The van der Waals surface area contributed by atoms with Crippen molar-refractivity contribution in [1.82, 2.24) is 0 Å². The van der Waals surface area contributed by atoms with E-state index in [9.17, 15) is 20.1 Å². The third kappa shape index (κ3) is 3.45. The highest BCUT2D eigenvalue weighted by Gasteiger charge is 2.16. The molecule has 1 unspecified atom stereocenters. The van der Waals surface area contributed by atoms with Crippen molar-refractivity contribution in [3.63, 3.8) is 0 Å². The highest BCUT2D eigenvalue weighted by molar-refractivity contribution is 6.08. The fourth-order valence-corrected chi connectivity index (χ4v) is 2.02. The second kappa shape index (κ2) is 6.17. The van der Waals surface area contributed by atoms with Crippen molar-refractivity contribution in [2.75, 3.05) is 7.11 Å². The monoisotopic (exact) mass is 288 g/mol. The van der Waals surface area contributed by atoms with Gasteiger partial charge in [-0.3, -0.25) is 4.79 Å². The number of rotatable bonds is 4. The van der Waals surface area contributed by atoms with Crippen molar-refractivity contribution in [1.29, 1.82) is 0 Å². The maximum atomic E-state index is 12.1. The normalized spacial score (nSPS) is 17.8. The minimum absolute atomic E-state index is 0.00705. The summed E-state index contributed by atoms with van der Waals surface area (Å²) in [6.07, 6.45) is 8.53. The molecule has 0 radical (unpaired) electrons. The number of aliphatic hydroxyl groups excluding tert-OH is 1. The fraction of sp³-hybridized carbons (Fsp3) is 0.188. The summed E-state index contributed by atoms with van der Waals surface area (Å²) in [6, 6.07) is 2.53. The number of aliphatic hydroxyl groups is 1. The summed E-state index contributed by atoms with van der Waals surface area (Å²) in [4.78, 5) is 12.1. The Morgan fingerprint density at radius 1 is 1.29 bits per heavy atom. The number of carbonyl (C=O) groups is 1. The third-order valence-electron chi connectivity index (χ3n) is 3.16. The molecule has 0 heterocycles. The number of methoxy groups -OCH3 is 1. The molecule has 5 heteroatoms. The molecule has 1 atom stereocenters. The Kier molecular flexibility index (Phi) is 4.33. The number of hydrogen-bond acceptors (Lipinski definition) is 5. The van der Waals surface area contributed by atoms with E-state index in [4.69, 9.17) is 4.74 Å². The van der Waals surface area contributed by atoms with Crippen LogP contribution in [0.3, 0.4) is 0 Å². The molecular weight excluding hydrogens is 272 g/mol. The molecule has 3 N–H and O–H groups in total. The molecule has 1 aliphatic carbocycles. The van der Waals surface area contributed by atoms with Crippen molar-refractivity contribution in [2.45, 2.75) is 6.42 Å². The molecular formula is C16H16O5. The van der Waals surface area contributed by atoms with Crippen molar-refractivity contribution < 1.29 is 24.9 Å². The van der Waals surface area contributed by atoms with Crippen LogP contribution in [-0.4, -0.2) is 28.2 Å². The summed E-state index contributed by atoms with van der Waals surface area (Å²) < 4.78 is 4.89. The van der Waals surface area contributed by atoms with Gasteiger partial charge in [-0.25, -0.2) is 0 Å². The van der Waals surface area contributed by atoms with E-state index in [0.717, 1.165) is 0 Å². The maximum Gasteiger partial charge on any atom is 0.193 e. The zero-order valence-corrected chi connectivity index (χ0v) is 11.5. The lowest BCUT2D eigenvalue weighted by Gasteiger charge is -2.10. The quantitative estimate of drug-likeness (QED) is 0.586. The van der Waals surface area contributed by atoms with Gasteiger partial charge in [0.1, 0.15) is 28.6 Å². The average molecular weight is 288 g/mol. The van der Waals surface area contributed by atoms with Crippen LogP contribution >= 0.6 is 0 Å².